The van der Waals surface area contributed by atoms with Crippen molar-refractivity contribution >= 4 is 17.9 Å². The van der Waals surface area contributed by atoms with Gasteiger partial charge in [-0.15, -0.1) is 0 Å². The molecule has 366 valence electrons. The maximum absolute atomic E-state index is 12.8. The highest BCUT2D eigenvalue weighted by Crippen LogP contribution is 2.14. The summed E-state index contributed by atoms with van der Waals surface area (Å²) in [7, 11) is 0. The van der Waals surface area contributed by atoms with Crippen molar-refractivity contribution in [2.45, 2.75) is 252 Å². The second kappa shape index (κ2) is 52.2. The van der Waals surface area contributed by atoms with E-state index in [2.05, 4.69) is 106 Å². The highest BCUT2D eigenvalue weighted by molar-refractivity contribution is 5.71. The Bertz CT molecular complexity index is 1250. The zero-order valence-electron chi connectivity index (χ0n) is 41.8. The van der Waals surface area contributed by atoms with Crippen LogP contribution in [0, 0.1) is 0 Å². The molecule has 0 heterocycles. The van der Waals surface area contributed by atoms with Gasteiger partial charge in [0.2, 0.25) is 0 Å². The zero-order valence-corrected chi connectivity index (χ0v) is 41.8. The molecule has 0 fully saturated rings. The molecule has 0 aliphatic rings. The monoisotopic (exact) mass is 891 g/mol. The number of rotatable bonds is 47. The predicted molar refractivity (Wildman–Crippen MR) is 274 cm³/mol. The Balaban J connectivity index is 4.38. The molecule has 0 N–H and O–H groups in total. The lowest BCUT2D eigenvalue weighted by Crippen LogP contribution is -2.30. The molecule has 1 unspecified atom stereocenters. The third-order valence-electron chi connectivity index (χ3n) is 11.2. The largest absolute Gasteiger partial charge is 0.462 e. The summed E-state index contributed by atoms with van der Waals surface area (Å²) < 4.78 is 16.7. The van der Waals surface area contributed by atoms with E-state index in [-0.39, 0.29) is 31.1 Å². The molecule has 0 radical (unpaired) electrons. The van der Waals surface area contributed by atoms with E-state index in [1.54, 1.807) is 0 Å². The van der Waals surface area contributed by atoms with Crippen molar-refractivity contribution in [1.82, 2.24) is 0 Å². The summed E-state index contributed by atoms with van der Waals surface area (Å²) in [4.78, 5) is 37.9. The molecule has 0 rings (SSSR count). The molecule has 0 bridgehead atoms. The molecule has 0 aromatic rings. The van der Waals surface area contributed by atoms with Crippen LogP contribution < -0.4 is 0 Å². The van der Waals surface area contributed by atoms with Gasteiger partial charge in [0.15, 0.2) is 6.10 Å². The smallest absolute Gasteiger partial charge is 0.306 e. The van der Waals surface area contributed by atoms with E-state index in [1.165, 1.54) is 109 Å². The van der Waals surface area contributed by atoms with E-state index in [9.17, 15) is 14.4 Å². The van der Waals surface area contributed by atoms with Crippen LogP contribution in [0.1, 0.15) is 245 Å². The van der Waals surface area contributed by atoms with Gasteiger partial charge in [-0.05, 0) is 96.3 Å². The van der Waals surface area contributed by atoms with E-state index in [0.717, 1.165) is 96.3 Å². The minimum Gasteiger partial charge on any atom is -0.462 e. The van der Waals surface area contributed by atoms with Crippen molar-refractivity contribution < 1.29 is 28.6 Å². The number of allylic oxidation sites excluding steroid dienone is 14. The minimum absolute atomic E-state index is 0.0993. The maximum atomic E-state index is 12.8. The number of carbonyl (C=O) groups excluding carboxylic acids is 3. The highest BCUT2D eigenvalue weighted by atomic mass is 16.6. The second-order valence-corrected chi connectivity index (χ2v) is 17.5. The van der Waals surface area contributed by atoms with Crippen LogP contribution in [-0.4, -0.2) is 37.2 Å². The first-order valence-electron chi connectivity index (χ1n) is 26.6. The standard InChI is InChI=1S/C58H98O6/c1-4-7-10-13-16-19-21-23-25-27-29-31-32-34-36-39-42-45-48-51-57(60)63-54-55(53-62-56(59)50-47-44-41-38-18-15-12-9-6-3)64-58(61)52-49-46-43-40-37-35-33-30-28-26-24-22-20-17-14-11-8-5-2/h9,12,17-18,20,22,24,26-30,33,38,55H,4-8,10-11,13-16,19,21,23,25,31-32,34-37,39-54H2,1-3H3/b12-9-,20-17-,24-22-,28-26-,29-27-,33-30-,38-18-. The quantitative estimate of drug-likeness (QED) is 0.0199. The molecule has 0 saturated carbocycles. The molecule has 0 aliphatic carbocycles. The van der Waals surface area contributed by atoms with Crippen molar-refractivity contribution in [2.24, 2.45) is 0 Å². The summed E-state index contributed by atoms with van der Waals surface area (Å²) in [6, 6.07) is 0. The Morgan fingerprint density at radius 3 is 1.16 bits per heavy atom. The van der Waals surface area contributed by atoms with Crippen LogP contribution in [-0.2, 0) is 28.6 Å². The first-order chi connectivity index (χ1) is 31.5. The van der Waals surface area contributed by atoms with Crippen molar-refractivity contribution in [1.29, 1.82) is 0 Å². The first-order valence-corrected chi connectivity index (χ1v) is 26.6. The van der Waals surface area contributed by atoms with Gasteiger partial charge >= 0.3 is 17.9 Å². The number of unbranched alkanes of at least 4 members (excludes halogenated alkanes) is 25. The zero-order chi connectivity index (χ0) is 46.5. The maximum Gasteiger partial charge on any atom is 0.306 e. The number of ether oxygens (including phenoxy) is 3. The van der Waals surface area contributed by atoms with Gasteiger partial charge in [-0.2, -0.15) is 0 Å². The van der Waals surface area contributed by atoms with Gasteiger partial charge in [0, 0.05) is 19.3 Å². The summed E-state index contributed by atoms with van der Waals surface area (Å²) in [5.74, 6) is -0.965. The third kappa shape index (κ3) is 49.6. The Labute approximate surface area is 395 Å². The Morgan fingerprint density at radius 2 is 0.672 bits per heavy atom. The lowest BCUT2D eigenvalue weighted by Gasteiger charge is -2.18. The van der Waals surface area contributed by atoms with Gasteiger partial charge in [-0.1, -0.05) is 215 Å². The molecule has 0 aromatic heterocycles. The van der Waals surface area contributed by atoms with Gasteiger partial charge in [0.1, 0.15) is 13.2 Å². The molecule has 6 heteroatoms. The van der Waals surface area contributed by atoms with E-state index in [0.29, 0.717) is 19.3 Å². The minimum atomic E-state index is -0.803. The van der Waals surface area contributed by atoms with Crippen LogP contribution >= 0.6 is 0 Å². The van der Waals surface area contributed by atoms with Crippen molar-refractivity contribution in [2.75, 3.05) is 13.2 Å². The molecule has 0 spiro atoms. The third-order valence-corrected chi connectivity index (χ3v) is 11.2. The summed E-state index contributed by atoms with van der Waals surface area (Å²) in [5, 5.41) is 0. The normalized spacial score (nSPS) is 12.7. The number of esters is 3. The molecular formula is C58H98O6. The van der Waals surface area contributed by atoms with Gasteiger partial charge < -0.3 is 14.2 Å². The van der Waals surface area contributed by atoms with Crippen LogP contribution in [0.2, 0.25) is 0 Å². The summed E-state index contributed by atoms with van der Waals surface area (Å²) in [6.45, 7) is 6.42. The van der Waals surface area contributed by atoms with Crippen molar-refractivity contribution in [3.8, 4) is 0 Å². The van der Waals surface area contributed by atoms with Gasteiger partial charge in [0.05, 0.1) is 0 Å². The Kier molecular flexibility index (Phi) is 49.4. The fourth-order valence-corrected chi connectivity index (χ4v) is 7.19. The molecular weight excluding hydrogens is 793 g/mol. The number of carbonyl (C=O) groups is 3. The Morgan fingerprint density at radius 1 is 0.344 bits per heavy atom. The van der Waals surface area contributed by atoms with Crippen LogP contribution in [0.4, 0.5) is 0 Å². The molecule has 64 heavy (non-hydrogen) atoms. The van der Waals surface area contributed by atoms with Crippen molar-refractivity contribution in [3.63, 3.8) is 0 Å². The van der Waals surface area contributed by atoms with E-state index in [4.69, 9.17) is 14.2 Å². The van der Waals surface area contributed by atoms with Gasteiger partial charge in [-0.25, -0.2) is 0 Å². The molecule has 0 aliphatic heterocycles. The summed E-state index contributed by atoms with van der Waals surface area (Å²) in [6.07, 6.45) is 67.2. The lowest BCUT2D eigenvalue weighted by molar-refractivity contribution is -0.167. The van der Waals surface area contributed by atoms with E-state index >= 15 is 0 Å². The van der Waals surface area contributed by atoms with Gasteiger partial charge in [0.25, 0.3) is 0 Å². The van der Waals surface area contributed by atoms with Crippen LogP contribution in [0.3, 0.4) is 0 Å². The summed E-state index contributed by atoms with van der Waals surface area (Å²) >= 11 is 0. The van der Waals surface area contributed by atoms with Crippen LogP contribution in [0.5, 0.6) is 0 Å². The average Bonchev–Trinajstić information content (AvgIpc) is 3.29. The predicted octanol–water partition coefficient (Wildman–Crippen LogP) is 17.6. The fourth-order valence-electron chi connectivity index (χ4n) is 7.19. The highest BCUT2D eigenvalue weighted by Gasteiger charge is 2.19. The molecule has 0 amide bonds. The number of hydrogen-bond acceptors (Lipinski definition) is 6. The van der Waals surface area contributed by atoms with Crippen molar-refractivity contribution in [3.05, 3.63) is 85.1 Å². The van der Waals surface area contributed by atoms with Crippen LogP contribution in [0.15, 0.2) is 85.1 Å². The molecule has 1 atom stereocenters. The fraction of sp³-hybridized carbons (Fsp3) is 0.707. The summed E-state index contributed by atoms with van der Waals surface area (Å²) in [5.41, 5.74) is 0. The van der Waals surface area contributed by atoms with Gasteiger partial charge in [-0.3, -0.25) is 14.4 Å². The van der Waals surface area contributed by atoms with E-state index in [1.807, 2.05) is 0 Å². The number of hydrogen-bond donors (Lipinski definition) is 0. The lowest BCUT2D eigenvalue weighted by atomic mass is 10.1. The van der Waals surface area contributed by atoms with Crippen LogP contribution in [0.25, 0.3) is 0 Å². The topological polar surface area (TPSA) is 78.9 Å². The first kappa shape index (κ1) is 60.6. The average molecular weight is 891 g/mol. The molecule has 0 aromatic carbocycles. The second-order valence-electron chi connectivity index (χ2n) is 17.5. The Hall–Kier alpha value is -3.41. The SMILES string of the molecule is CC/C=C\C/C=C\CCCCC(=O)OCC(COC(=O)CCCCCCCCC/C=C\CCCCCCCCCC)OC(=O)CCCCCCC\C=C/C=C\C=C/C=C\CCCCC. The molecule has 0 saturated heterocycles. The van der Waals surface area contributed by atoms with E-state index < -0.39 is 6.10 Å². The molecule has 6 nitrogen and oxygen atoms in total.